The molecular formula is C14H11F2NO2. The van der Waals surface area contributed by atoms with Crippen LogP contribution in [0.25, 0.3) is 11.1 Å². The van der Waals surface area contributed by atoms with Gasteiger partial charge in [-0.1, -0.05) is 6.07 Å². The number of halogens is 2. The van der Waals surface area contributed by atoms with Gasteiger partial charge < -0.3 is 10.5 Å². The van der Waals surface area contributed by atoms with Gasteiger partial charge >= 0.3 is 0 Å². The standard InChI is InChI=1S/C14H11F2NO2/c1-19-9-3-4-10(14(17)18)11(7-9)8-2-5-12(15)13(16)6-8/h2-7H,1H3,(H2,17,18). The average Bonchev–Trinajstić information content (AvgIpc) is 2.41. The fourth-order valence-electron chi connectivity index (χ4n) is 1.77. The number of rotatable bonds is 3. The number of methoxy groups -OCH3 is 1. The number of primary amides is 1. The third-order valence-electron chi connectivity index (χ3n) is 2.72. The Labute approximate surface area is 108 Å². The van der Waals surface area contributed by atoms with E-state index in [0.717, 1.165) is 12.1 Å². The van der Waals surface area contributed by atoms with E-state index in [0.29, 0.717) is 16.9 Å². The molecule has 0 aliphatic carbocycles. The first-order chi connectivity index (χ1) is 9.02. The van der Waals surface area contributed by atoms with Gasteiger partial charge in [-0.25, -0.2) is 8.78 Å². The second kappa shape index (κ2) is 5.06. The second-order valence-electron chi connectivity index (χ2n) is 3.90. The molecule has 0 radical (unpaired) electrons. The van der Waals surface area contributed by atoms with Crippen LogP contribution in [-0.2, 0) is 0 Å². The average molecular weight is 263 g/mol. The zero-order chi connectivity index (χ0) is 14.0. The van der Waals surface area contributed by atoms with Crippen LogP contribution in [0.4, 0.5) is 8.78 Å². The number of carbonyl (C=O) groups excluding carboxylic acids is 1. The fraction of sp³-hybridized carbons (Fsp3) is 0.0714. The number of hydrogen-bond donors (Lipinski definition) is 1. The molecule has 0 heterocycles. The lowest BCUT2D eigenvalue weighted by Crippen LogP contribution is -2.12. The third-order valence-corrected chi connectivity index (χ3v) is 2.72. The van der Waals surface area contributed by atoms with Crippen LogP contribution >= 0.6 is 0 Å². The van der Waals surface area contributed by atoms with Crippen molar-refractivity contribution in [2.24, 2.45) is 5.73 Å². The van der Waals surface area contributed by atoms with Crippen LogP contribution < -0.4 is 10.5 Å². The molecule has 0 aliphatic heterocycles. The molecule has 0 aromatic heterocycles. The first-order valence-corrected chi connectivity index (χ1v) is 5.46. The van der Waals surface area contributed by atoms with Gasteiger partial charge in [-0.05, 0) is 41.5 Å². The van der Waals surface area contributed by atoms with Crippen molar-refractivity contribution >= 4 is 5.91 Å². The molecule has 0 saturated heterocycles. The van der Waals surface area contributed by atoms with Gasteiger partial charge in [0.1, 0.15) is 5.75 Å². The lowest BCUT2D eigenvalue weighted by Gasteiger charge is -2.09. The molecule has 0 unspecified atom stereocenters. The van der Waals surface area contributed by atoms with Gasteiger partial charge in [-0.15, -0.1) is 0 Å². The van der Waals surface area contributed by atoms with E-state index >= 15 is 0 Å². The van der Waals surface area contributed by atoms with Crippen LogP contribution in [0.2, 0.25) is 0 Å². The topological polar surface area (TPSA) is 52.3 Å². The predicted molar refractivity (Wildman–Crippen MR) is 66.9 cm³/mol. The van der Waals surface area contributed by atoms with E-state index < -0.39 is 17.5 Å². The van der Waals surface area contributed by atoms with Gasteiger partial charge in [0.25, 0.3) is 0 Å². The van der Waals surface area contributed by atoms with Crippen molar-refractivity contribution in [3.05, 3.63) is 53.6 Å². The van der Waals surface area contributed by atoms with Crippen LogP contribution in [0.15, 0.2) is 36.4 Å². The molecule has 2 N–H and O–H groups in total. The van der Waals surface area contributed by atoms with Gasteiger partial charge in [-0.3, -0.25) is 4.79 Å². The quantitative estimate of drug-likeness (QED) is 0.925. The summed E-state index contributed by atoms with van der Waals surface area (Å²) >= 11 is 0. The SMILES string of the molecule is COc1ccc(C(N)=O)c(-c2ccc(F)c(F)c2)c1. The van der Waals surface area contributed by atoms with Crippen molar-refractivity contribution in [2.45, 2.75) is 0 Å². The summed E-state index contributed by atoms with van der Waals surface area (Å²) in [4.78, 5) is 11.4. The van der Waals surface area contributed by atoms with Gasteiger partial charge in [0, 0.05) is 5.56 Å². The molecule has 0 fully saturated rings. The predicted octanol–water partition coefficient (Wildman–Crippen LogP) is 2.74. The molecule has 19 heavy (non-hydrogen) atoms. The molecule has 2 aromatic rings. The Balaban J connectivity index is 2.64. The Morgan fingerprint density at radius 2 is 1.84 bits per heavy atom. The largest absolute Gasteiger partial charge is 0.497 e. The Hall–Kier alpha value is -2.43. The molecule has 2 rings (SSSR count). The van der Waals surface area contributed by atoms with E-state index in [4.69, 9.17) is 10.5 Å². The summed E-state index contributed by atoms with van der Waals surface area (Å²) in [5, 5.41) is 0. The van der Waals surface area contributed by atoms with Crippen molar-refractivity contribution in [1.29, 1.82) is 0 Å². The maximum Gasteiger partial charge on any atom is 0.249 e. The Morgan fingerprint density at radius 1 is 1.11 bits per heavy atom. The molecule has 0 saturated carbocycles. The van der Waals surface area contributed by atoms with E-state index in [2.05, 4.69) is 0 Å². The van der Waals surface area contributed by atoms with Crippen LogP contribution in [0.3, 0.4) is 0 Å². The molecule has 0 aliphatic rings. The summed E-state index contributed by atoms with van der Waals surface area (Å²) in [6, 6.07) is 7.99. The molecule has 98 valence electrons. The number of carbonyl (C=O) groups is 1. The lowest BCUT2D eigenvalue weighted by atomic mass is 9.98. The van der Waals surface area contributed by atoms with Crippen LogP contribution in [-0.4, -0.2) is 13.0 Å². The van der Waals surface area contributed by atoms with Crippen LogP contribution in [0, 0.1) is 11.6 Å². The first kappa shape index (κ1) is 13.0. The number of amides is 1. The van der Waals surface area contributed by atoms with Gasteiger partial charge in [-0.2, -0.15) is 0 Å². The van der Waals surface area contributed by atoms with E-state index in [-0.39, 0.29) is 5.56 Å². The molecule has 0 bridgehead atoms. The van der Waals surface area contributed by atoms with Crippen molar-refractivity contribution < 1.29 is 18.3 Å². The van der Waals surface area contributed by atoms with Crippen LogP contribution in [0.1, 0.15) is 10.4 Å². The molecule has 0 atom stereocenters. The van der Waals surface area contributed by atoms with Crippen molar-refractivity contribution in [2.75, 3.05) is 7.11 Å². The highest BCUT2D eigenvalue weighted by molar-refractivity contribution is 6.00. The molecule has 1 amide bonds. The highest BCUT2D eigenvalue weighted by Gasteiger charge is 2.13. The summed E-state index contributed by atoms with van der Waals surface area (Å²) in [5.41, 5.74) is 6.23. The highest BCUT2D eigenvalue weighted by Crippen LogP contribution is 2.28. The number of nitrogens with two attached hydrogens (primary N) is 1. The monoisotopic (exact) mass is 263 g/mol. The molecule has 2 aromatic carbocycles. The van der Waals surface area contributed by atoms with Gasteiger partial charge in [0.05, 0.1) is 7.11 Å². The minimum atomic E-state index is -0.990. The van der Waals surface area contributed by atoms with E-state index in [9.17, 15) is 13.6 Å². The Morgan fingerprint density at radius 3 is 2.42 bits per heavy atom. The van der Waals surface area contributed by atoms with Crippen molar-refractivity contribution in [3.63, 3.8) is 0 Å². The number of benzene rings is 2. The maximum absolute atomic E-state index is 13.3. The summed E-state index contributed by atoms with van der Waals surface area (Å²) in [7, 11) is 1.47. The van der Waals surface area contributed by atoms with Gasteiger partial charge in [0.15, 0.2) is 11.6 Å². The first-order valence-electron chi connectivity index (χ1n) is 5.46. The summed E-state index contributed by atoms with van der Waals surface area (Å²) in [6.45, 7) is 0. The number of ether oxygens (including phenoxy) is 1. The number of hydrogen-bond acceptors (Lipinski definition) is 2. The molecule has 0 spiro atoms. The zero-order valence-electron chi connectivity index (χ0n) is 10.1. The fourth-order valence-corrected chi connectivity index (χ4v) is 1.77. The van der Waals surface area contributed by atoms with E-state index in [1.54, 1.807) is 12.1 Å². The summed E-state index contributed by atoms with van der Waals surface area (Å²) in [6.07, 6.45) is 0. The molecular weight excluding hydrogens is 252 g/mol. The lowest BCUT2D eigenvalue weighted by molar-refractivity contribution is 0.100. The highest BCUT2D eigenvalue weighted by atomic mass is 19.2. The van der Waals surface area contributed by atoms with E-state index in [1.165, 1.54) is 19.2 Å². The minimum Gasteiger partial charge on any atom is -0.497 e. The maximum atomic E-state index is 13.3. The summed E-state index contributed by atoms with van der Waals surface area (Å²) < 4.78 is 31.2. The smallest absolute Gasteiger partial charge is 0.249 e. The second-order valence-corrected chi connectivity index (χ2v) is 3.90. The Bertz CT molecular complexity index is 641. The van der Waals surface area contributed by atoms with Crippen molar-refractivity contribution in [1.82, 2.24) is 0 Å². The molecule has 5 heteroatoms. The van der Waals surface area contributed by atoms with Crippen LogP contribution in [0.5, 0.6) is 5.75 Å². The summed E-state index contributed by atoms with van der Waals surface area (Å²) in [5.74, 6) is -2.10. The van der Waals surface area contributed by atoms with Gasteiger partial charge in [0.2, 0.25) is 5.91 Å². The zero-order valence-corrected chi connectivity index (χ0v) is 10.1. The van der Waals surface area contributed by atoms with E-state index in [1.807, 2.05) is 0 Å². The third kappa shape index (κ3) is 2.54. The Kier molecular flexibility index (Phi) is 3.46. The van der Waals surface area contributed by atoms with Crippen molar-refractivity contribution in [3.8, 4) is 16.9 Å². The normalized spacial score (nSPS) is 10.3. The molecule has 3 nitrogen and oxygen atoms in total. The minimum absolute atomic E-state index is 0.215.